The normalized spacial score (nSPS) is 12.2. The van der Waals surface area contributed by atoms with Crippen LogP contribution in [0.25, 0.3) is 0 Å². The van der Waals surface area contributed by atoms with Crippen LogP contribution < -0.4 is 13.9 Å². The van der Waals surface area contributed by atoms with Gasteiger partial charge in [-0.25, -0.2) is 0 Å². The highest BCUT2D eigenvalue weighted by atomic mass is 79.9. The molecule has 0 N–H and O–H groups in total. The highest BCUT2D eigenvalue weighted by Crippen LogP contribution is 2.44. The number of hydrogen-bond acceptors (Lipinski definition) is 3. The topological polar surface area (TPSA) is 27.7 Å². The Balaban J connectivity index is 3.29. The van der Waals surface area contributed by atoms with Gasteiger partial charge >= 0.3 is 0 Å². The van der Waals surface area contributed by atoms with Gasteiger partial charge in [-0.3, -0.25) is 0 Å². The van der Waals surface area contributed by atoms with Crippen LogP contribution in [0, 0.1) is 0 Å². The van der Waals surface area contributed by atoms with Crippen LogP contribution in [0.5, 0.6) is 17.2 Å². The number of ether oxygens (including phenoxy) is 2. The van der Waals surface area contributed by atoms with E-state index in [4.69, 9.17) is 13.9 Å². The predicted octanol–water partition coefficient (Wildman–Crippen LogP) is 4.98. The number of rotatable bonds is 5. The number of methoxy groups -OCH3 is 2. The molecule has 20 heavy (non-hydrogen) atoms. The molecule has 0 aromatic heterocycles. The molecular weight excluding hydrogens is 336 g/mol. The van der Waals surface area contributed by atoms with Crippen LogP contribution in [0.1, 0.15) is 26.3 Å². The monoisotopic (exact) mass is 360 g/mol. The van der Waals surface area contributed by atoms with Crippen molar-refractivity contribution in [2.24, 2.45) is 0 Å². The fourth-order valence-electron chi connectivity index (χ4n) is 1.56. The van der Waals surface area contributed by atoms with Gasteiger partial charge in [0.2, 0.25) is 5.75 Å². The second-order valence-corrected chi connectivity index (χ2v) is 11.6. The first-order valence-electron chi connectivity index (χ1n) is 6.66. The van der Waals surface area contributed by atoms with Gasteiger partial charge in [-0.15, -0.1) is 0 Å². The van der Waals surface area contributed by atoms with Crippen LogP contribution in [-0.2, 0) is 5.33 Å². The first-order valence-corrected chi connectivity index (χ1v) is 10.7. The maximum Gasteiger partial charge on any atom is 0.250 e. The average Bonchev–Trinajstić information content (AvgIpc) is 2.35. The Morgan fingerprint density at radius 2 is 1.60 bits per heavy atom. The van der Waals surface area contributed by atoms with E-state index in [-0.39, 0.29) is 5.04 Å². The smallest absolute Gasteiger partial charge is 0.250 e. The SMILES string of the molecule is COc1cc(CBr)cc(O[Si](C)(C)C(C)(C)C)c1OC. The summed E-state index contributed by atoms with van der Waals surface area (Å²) >= 11 is 3.48. The zero-order valence-electron chi connectivity index (χ0n) is 13.5. The van der Waals surface area contributed by atoms with Crippen molar-refractivity contribution in [3.05, 3.63) is 17.7 Å². The molecule has 0 amide bonds. The summed E-state index contributed by atoms with van der Waals surface area (Å²) < 4.78 is 17.3. The van der Waals surface area contributed by atoms with Gasteiger partial charge in [0.25, 0.3) is 8.32 Å². The third kappa shape index (κ3) is 3.70. The van der Waals surface area contributed by atoms with E-state index in [2.05, 4.69) is 49.8 Å². The largest absolute Gasteiger partial charge is 0.541 e. The summed E-state index contributed by atoms with van der Waals surface area (Å²) in [4.78, 5) is 0. The Hall–Kier alpha value is -0.683. The van der Waals surface area contributed by atoms with Gasteiger partial charge in [0, 0.05) is 5.33 Å². The average molecular weight is 361 g/mol. The maximum absolute atomic E-state index is 6.39. The minimum absolute atomic E-state index is 0.135. The molecule has 0 aliphatic rings. The van der Waals surface area contributed by atoms with Crippen LogP contribution >= 0.6 is 15.9 Å². The Labute approximate surface area is 131 Å². The lowest BCUT2D eigenvalue weighted by Gasteiger charge is -2.37. The summed E-state index contributed by atoms with van der Waals surface area (Å²) in [5.74, 6) is 2.15. The van der Waals surface area contributed by atoms with Crippen LogP contribution in [0.15, 0.2) is 12.1 Å². The summed E-state index contributed by atoms with van der Waals surface area (Å²) in [5.41, 5.74) is 1.11. The Kier molecular flexibility index (Phi) is 5.55. The molecule has 0 bridgehead atoms. The first-order chi connectivity index (χ1) is 9.16. The first kappa shape index (κ1) is 17.4. The molecule has 0 aliphatic carbocycles. The summed E-state index contributed by atoms with van der Waals surface area (Å²) in [5, 5.41) is 0.886. The fraction of sp³-hybridized carbons (Fsp3) is 0.600. The van der Waals surface area contributed by atoms with Crippen molar-refractivity contribution in [3.63, 3.8) is 0 Å². The van der Waals surface area contributed by atoms with E-state index in [1.54, 1.807) is 14.2 Å². The van der Waals surface area contributed by atoms with Crippen molar-refractivity contribution in [1.29, 1.82) is 0 Å². The fourth-order valence-corrected chi connectivity index (χ4v) is 2.90. The molecule has 0 atom stereocenters. The molecule has 1 aromatic rings. The molecule has 0 saturated carbocycles. The molecule has 0 heterocycles. The zero-order valence-corrected chi connectivity index (χ0v) is 16.1. The molecule has 1 aromatic carbocycles. The molecule has 0 unspecified atom stereocenters. The molecule has 0 fully saturated rings. The predicted molar refractivity (Wildman–Crippen MR) is 90.0 cm³/mol. The van der Waals surface area contributed by atoms with E-state index >= 15 is 0 Å². The van der Waals surface area contributed by atoms with E-state index in [1.807, 2.05) is 12.1 Å². The lowest BCUT2D eigenvalue weighted by atomic mass is 10.2. The van der Waals surface area contributed by atoms with E-state index < -0.39 is 8.32 Å². The summed E-state index contributed by atoms with van der Waals surface area (Å²) in [6.07, 6.45) is 0. The number of hydrogen-bond donors (Lipinski definition) is 0. The third-order valence-corrected chi connectivity index (χ3v) is 8.82. The Morgan fingerprint density at radius 1 is 1.05 bits per heavy atom. The Morgan fingerprint density at radius 3 is 2.00 bits per heavy atom. The third-order valence-electron chi connectivity index (χ3n) is 3.83. The van der Waals surface area contributed by atoms with E-state index in [0.717, 1.165) is 16.6 Å². The minimum atomic E-state index is -1.92. The van der Waals surface area contributed by atoms with Gasteiger partial charge in [-0.2, -0.15) is 0 Å². The molecule has 1 rings (SSSR count). The second-order valence-electron chi connectivity index (χ2n) is 6.33. The van der Waals surface area contributed by atoms with Crippen molar-refractivity contribution in [2.75, 3.05) is 14.2 Å². The van der Waals surface area contributed by atoms with Crippen molar-refractivity contribution in [2.45, 2.75) is 44.2 Å². The molecule has 114 valence electrons. The van der Waals surface area contributed by atoms with Crippen molar-refractivity contribution >= 4 is 24.2 Å². The summed E-state index contributed by atoms with van der Waals surface area (Å²) in [6, 6.07) is 3.99. The van der Waals surface area contributed by atoms with Crippen molar-refractivity contribution < 1.29 is 13.9 Å². The van der Waals surface area contributed by atoms with Gasteiger partial charge in [0.15, 0.2) is 11.5 Å². The van der Waals surface area contributed by atoms with Crippen molar-refractivity contribution in [3.8, 4) is 17.2 Å². The lowest BCUT2D eigenvalue weighted by molar-refractivity contribution is 0.340. The van der Waals surface area contributed by atoms with Crippen LogP contribution in [0.4, 0.5) is 0 Å². The lowest BCUT2D eigenvalue weighted by Crippen LogP contribution is -2.44. The van der Waals surface area contributed by atoms with Gasteiger partial charge in [0.1, 0.15) is 0 Å². The van der Waals surface area contributed by atoms with E-state index in [0.29, 0.717) is 11.5 Å². The molecule has 0 radical (unpaired) electrons. The maximum atomic E-state index is 6.39. The molecule has 0 aliphatic heterocycles. The highest BCUT2D eigenvalue weighted by Gasteiger charge is 2.39. The number of benzene rings is 1. The summed E-state index contributed by atoms with van der Waals surface area (Å²) in [7, 11) is 1.37. The van der Waals surface area contributed by atoms with Crippen LogP contribution in [0.2, 0.25) is 18.1 Å². The summed E-state index contributed by atoms with van der Waals surface area (Å²) in [6.45, 7) is 11.1. The standard InChI is InChI=1S/C15H25BrO3Si/c1-15(2,3)20(6,7)19-13-9-11(10-16)8-12(17-4)14(13)18-5/h8-9H,10H2,1-7H3. The van der Waals surface area contributed by atoms with E-state index in [1.165, 1.54) is 0 Å². The van der Waals surface area contributed by atoms with Crippen molar-refractivity contribution in [1.82, 2.24) is 0 Å². The van der Waals surface area contributed by atoms with Gasteiger partial charge in [-0.1, -0.05) is 36.7 Å². The molecular formula is C15H25BrO3Si. The molecule has 0 spiro atoms. The van der Waals surface area contributed by atoms with Crippen LogP contribution in [0.3, 0.4) is 0 Å². The number of alkyl halides is 1. The zero-order chi connectivity index (χ0) is 15.6. The Bertz CT molecular complexity index is 467. The number of halogens is 1. The van der Waals surface area contributed by atoms with Crippen LogP contribution in [-0.4, -0.2) is 22.5 Å². The minimum Gasteiger partial charge on any atom is -0.541 e. The second kappa shape index (κ2) is 6.39. The molecule has 3 nitrogen and oxygen atoms in total. The molecule has 5 heteroatoms. The quantitative estimate of drug-likeness (QED) is 0.547. The molecule has 0 saturated heterocycles. The van der Waals surface area contributed by atoms with E-state index in [9.17, 15) is 0 Å². The van der Waals surface area contributed by atoms with Gasteiger partial charge in [-0.05, 0) is 35.8 Å². The van der Waals surface area contributed by atoms with Gasteiger partial charge < -0.3 is 13.9 Å². The highest BCUT2D eigenvalue weighted by molar-refractivity contribution is 9.08. The van der Waals surface area contributed by atoms with Gasteiger partial charge in [0.05, 0.1) is 14.2 Å².